The number of epoxide rings is 1. The zero-order chi connectivity index (χ0) is 32.4. The van der Waals surface area contributed by atoms with Crippen molar-refractivity contribution in [3.8, 4) is 0 Å². The first-order chi connectivity index (χ1) is 20.1. The van der Waals surface area contributed by atoms with Gasteiger partial charge in [-0.25, -0.2) is 0 Å². The van der Waals surface area contributed by atoms with Crippen LogP contribution in [0.25, 0.3) is 0 Å². The van der Waals surface area contributed by atoms with Gasteiger partial charge in [-0.2, -0.15) is 0 Å². The smallest absolute Gasteiger partial charge is 0.309 e. The first-order valence-corrected chi connectivity index (χ1v) is 16.0. The molecular formula is C34H56O9. The number of unbranched alkanes of at least 4 members (excludes halogenated alkanes) is 2. The summed E-state index contributed by atoms with van der Waals surface area (Å²) in [6.45, 7) is 12.9. The highest BCUT2D eigenvalue weighted by atomic mass is 16.6. The van der Waals surface area contributed by atoms with Gasteiger partial charge in [0.05, 0.1) is 36.4 Å². The zero-order valence-electron chi connectivity index (χ0n) is 27.2. The van der Waals surface area contributed by atoms with Gasteiger partial charge in [0, 0.05) is 24.7 Å². The molecule has 0 spiro atoms. The molecule has 9 heteroatoms. The fourth-order valence-corrected chi connectivity index (χ4v) is 5.52. The lowest BCUT2D eigenvalue weighted by molar-refractivity contribution is -0.159. The summed E-state index contributed by atoms with van der Waals surface area (Å²) < 4.78 is 17.2. The summed E-state index contributed by atoms with van der Waals surface area (Å²) >= 11 is 0. The number of aliphatic hydroxyl groups is 4. The van der Waals surface area contributed by atoms with Gasteiger partial charge in [0.25, 0.3) is 0 Å². The third-order valence-electron chi connectivity index (χ3n) is 8.61. The number of hydrogen-bond donors (Lipinski definition) is 4. The Morgan fingerprint density at radius 2 is 1.98 bits per heavy atom. The third kappa shape index (κ3) is 12.5. The minimum atomic E-state index is -1.44. The van der Waals surface area contributed by atoms with Crippen molar-refractivity contribution < 1.29 is 44.2 Å². The number of aliphatic hydroxyl groups excluding tert-OH is 2. The van der Waals surface area contributed by atoms with Gasteiger partial charge in [0.15, 0.2) is 0 Å². The lowest BCUT2D eigenvalue weighted by Gasteiger charge is -2.32. The highest BCUT2D eigenvalue weighted by Crippen LogP contribution is 2.37. The van der Waals surface area contributed by atoms with Crippen molar-refractivity contribution in [2.75, 3.05) is 0 Å². The molecule has 43 heavy (non-hydrogen) atoms. The maximum absolute atomic E-state index is 12.7. The molecule has 0 aromatic rings. The Balaban J connectivity index is 2.19. The van der Waals surface area contributed by atoms with Crippen LogP contribution in [0.3, 0.4) is 0 Å². The number of hydrogen-bond acceptors (Lipinski definition) is 9. The van der Waals surface area contributed by atoms with Crippen LogP contribution in [0.2, 0.25) is 0 Å². The average molecular weight is 609 g/mol. The van der Waals surface area contributed by atoms with Crippen LogP contribution >= 0.6 is 0 Å². The van der Waals surface area contributed by atoms with Crippen molar-refractivity contribution in [2.24, 2.45) is 11.8 Å². The van der Waals surface area contributed by atoms with E-state index in [-0.39, 0.29) is 55.7 Å². The van der Waals surface area contributed by atoms with E-state index >= 15 is 0 Å². The number of carbonyl (C=O) groups is 2. The number of allylic oxidation sites excluding steroid dienone is 2. The lowest BCUT2D eigenvalue weighted by atomic mass is 9.88. The molecule has 0 amide bonds. The van der Waals surface area contributed by atoms with E-state index in [9.17, 15) is 30.0 Å². The number of esters is 2. The fourth-order valence-electron chi connectivity index (χ4n) is 5.52. The summed E-state index contributed by atoms with van der Waals surface area (Å²) in [6, 6.07) is 0. The van der Waals surface area contributed by atoms with Gasteiger partial charge < -0.3 is 34.6 Å². The van der Waals surface area contributed by atoms with Crippen molar-refractivity contribution in [1.29, 1.82) is 0 Å². The minimum Gasteiger partial charge on any atom is -0.457 e. The standard InChI is InChI=1S/C34H56O9/c1-8-10-11-14-29(37)42-28-16-15-23(4)31(43-30(38)20-25(35)17-19-34(28,7)40)22(3)13-12-18-33(6,39)21-27-32(41-27)24(5)26(36)9-2/h12-13,15-16,18,23-28,31-32,35-36,39-40H,8-11,14,17,19-21H2,1-7H3/b16-15+,18-12+,22-13+. The summed E-state index contributed by atoms with van der Waals surface area (Å²) in [5, 5.41) is 42.7. The molecule has 2 heterocycles. The molecule has 0 aromatic heterocycles. The van der Waals surface area contributed by atoms with Gasteiger partial charge in [-0.05, 0) is 58.1 Å². The Morgan fingerprint density at radius 1 is 1.28 bits per heavy atom. The molecule has 0 aliphatic carbocycles. The molecule has 4 N–H and O–H groups in total. The van der Waals surface area contributed by atoms with Gasteiger partial charge in [-0.3, -0.25) is 9.59 Å². The predicted molar refractivity (Wildman–Crippen MR) is 165 cm³/mol. The van der Waals surface area contributed by atoms with Crippen LogP contribution in [0.4, 0.5) is 0 Å². The normalized spacial score (nSPS) is 34.3. The molecule has 1 saturated heterocycles. The molecule has 246 valence electrons. The molecule has 2 rings (SSSR count). The second-order valence-electron chi connectivity index (χ2n) is 13.1. The Kier molecular flexibility index (Phi) is 14.6. The van der Waals surface area contributed by atoms with Gasteiger partial charge in [0.2, 0.25) is 0 Å². The Labute approximate surface area is 258 Å². The lowest BCUT2D eigenvalue weighted by Crippen LogP contribution is -2.42. The highest BCUT2D eigenvalue weighted by molar-refractivity contribution is 5.70. The van der Waals surface area contributed by atoms with Gasteiger partial charge in [-0.15, -0.1) is 0 Å². The topological polar surface area (TPSA) is 146 Å². The molecular weight excluding hydrogens is 552 g/mol. The van der Waals surface area contributed by atoms with E-state index in [4.69, 9.17) is 14.2 Å². The third-order valence-corrected chi connectivity index (χ3v) is 8.61. The van der Waals surface area contributed by atoms with Gasteiger partial charge in [-0.1, -0.05) is 64.8 Å². The van der Waals surface area contributed by atoms with Crippen molar-refractivity contribution in [3.05, 3.63) is 36.0 Å². The molecule has 2 aliphatic rings. The van der Waals surface area contributed by atoms with Crippen LogP contribution in [-0.2, 0) is 23.8 Å². The Morgan fingerprint density at radius 3 is 2.63 bits per heavy atom. The number of cyclic esters (lactones) is 1. The molecule has 0 bridgehead atoms. The van der Waals surface area contributed by atoms with E-state index in [2.05, 4.69) is 6.92 Å². The van der Waals surface area contributed by atoms with E-state index < -0.39 is 41.6 Å². The van der Waals surface area contributed by atoms with Gasteiger partial charge in [0.1, 0.15) is 17.8 Å². The Bertz CT molecular complexity index is 982. The van der Waals surface area contributed by atoms with Crippen LogP contribution in [0.1, 0.15) is 106 Å². The second kappa shape index (κ2) is 16.9. The van der Waals surface area contributed by atoms with Gasteiger partial charge >= 0.3 is 11.9 Å². The van der Waals surface area contributed by atoms with E-state index in [1.807, 2.05) is 27.7 Å². The molecule has 10 unspecified atom stereocenters. The van der Waals surface area contributed by atoms with Crippen LogP contribution in [-0.4, -0.2) is 80.2 Å². The van der Waals surface area contributed by atoms with E-state index in [0.29, 0.717) is 24.8 Å². The van der Waals surface area contributed by atoms with Crippen LogP contribution < -0.4 is 0 Å². The molecule has 0 radical (unpaired) electrons. The average Bonchev–Trinajstić information content (AvgIpc) is 3.69. The number of rotatable bonds is 13. The molecule has 2 aliphatic heterocycles. The van der Waals surface area contributed by atoms with Crippen LogP contribution in [0, 0.1) is 11.8 Å². The van der Waals surface area contributed by atoms with Crippen molar-refractivity contribution >= 4 is 11.9 Å². The monoisotopic (exact) mass is 608 g/mol. The van der Waals surface area contributed by atoms with Crippen molar-refractivity contribution in [3.63, 3.8) is 0 Å². The van der Waals surface area contributed by atoms with Crippen LogP contribution in [0.15, 0.2) is 36.0 Å². The summed E-state index contributed by atoms with van der Waals surface area (Å²) in [4.78, 5) is 25.3. The van der Waals surface area contributed by atoms with Crippen LogP contribution in [0.5, 0.6) is 0 Å². The molecule has 0 saturated carbocycles. The number of ether oxygens (including phenoxy) is 3. The second-order valence-corrected chi connectivity index (χ2v) is 13.1. The molecule has 10 atom stereocenters. The maximum Gasteiger partial charge on any atom is 0.309 e. The molecule has 1 fully saturated rings. The zero-order valence-corrected chi connectivity index (χ0v) is 27.2. The van der Waals surface area contributed by atoms with E-state index in [1.54, 1.807) is 44.2 Å². The maximum atomic E-state index is 12.7. The van der Waals surface area contributed by atoms with E-state index in [0.717, 1.165) is 12.8 Å². The Hall–Kier alpha value is -2.04. The fraction of sp³-hybridized carbons (Fsp3) is 0.765. The van der Waals surface area contributed by atoms with Crippen molar-refractivity contribution in [2.45, 2.75) is 154 Å². The summed E-state index contributed by atoms with van der Waals surface area (Å²) in [6.07, 6.45) is 9.23. The highest BCUT2D eigenvalue weighted by Gasteiger charge is 2.47. The SMILES string of the molecule is CCCCCC(=O)OC1/C=C/C(C)C(/C(C)=C/C=C/C(C)(O)CC2OC2C(C)C(O)CC)OC(=O)CC(O)CCC1(C)O. The largest absolute Gasteiger partial charge is 0.457 e. The summed E-state index contributed by atoms with van der Waals surface area (Å²) in [5.74, 6) is -1.30. The number of carbonyl (C=O) groups excluding carboxylic acids is 2. The molecule has 9 nitrogen and oxygen atoms in total. The first-order valence-electron chi connectivity index (χ1n) is 16.0. The van der Waals surface area contributed by atoms with E-state index in [1.165, 1.54) is 0 Å². The minimum absolute atomic E-state index is 0.00589. The molecule has 0 aromatic carbocycles. The quantitative estimate of drug-likeness (QED) is 0.0768. The summed E-state index contributed by atoms with van der Waals surface area (Å²) in [5.41, 5.74) is -1.87. The summed E-state index contributed by atoms with van der Waals surface area (Å²) in [7, 11) is 0. The van der Waals surface area contributed by atoms with Crippen molar-refractivity contribution in [1.82, 2.24) is 0 Å². The predicted octanol–water partition coefficient (Wildman–Crippen LogP) is 4.70. The first kappa shape index (κ1) is 37.1.